The van der Waals surface area contributed by atoms with Crippen molar-refractivity contribution < 1.29 is 9.53 Å². The number of carbonyl (C=O) groups excluding carboxylic acids is 1. The molecule has 0 unspecified atom stereocenters. The zero-order chi connectivity index (χ0) is 13.6. The Hall–Kier alpha value is -2.63. The first-order valence-corrected chi connectivity index (χ1v) is 5.67. The van der Waals surface area contributed by atoms with E-state index >= 15 is 0 Å². The van der Waals surface area contributed by atoms with Gasteiger partial charge in [-0.05, 0) is 18.2 Å². The fourth-order valence-electron chi connectivity index (χ4n) is 2.18. The van der Waals surface area contributed by atoms with Crippen molar-refractivity contribution in [3.63, 3.8) is 0 Å². The lowest BCUT2D eigenvalue weighted by Crippen LogP contribution is -2.10. The quantitative estimate of drug-likeness (QED) is 0.664. The van der Waals surface area contributed by atoms with E-state index in [1.807, 2.05) is 0 Å². The summed E-state index contributed by atoms with van der Waals surface area (Å²) in [7, 11) is 3.08. The number of nitrogens with zero attached hydrogens (tertiary/aromatic N) is 2. The Morgan fingerprint density at radius 3 is 2.95 bits per heavy atom. The predicted octanol–water partition coefficient (Wildman–Crippen LogP) is 1.20. The molecule has 1 aromatic carbocycles. The Morgan fingerprint density at radius 2 is 2.21 bits per heavy atom. The van der Waals surface area contributed by atoms with E-state index in [4.69, 9.17) is 0 Å². The van der Waals surface area contributed by atoms with Crippen molar-refractivity contribution in [2.24, 2.45) is 7.05 Å². The highest BCUT2D eigenvalue weighted by Crippen LogP contribution is 2.20. The molecule has 96 valence electrons. The molecular formula is C13H11N3O3. The molecule has 3 aromatic rings. The first kappa shape index (κ1) is 11.5. The van der Waals surface area contributed by atoms with E-state index in [-0.39, 0.29) is 5.56 Å². The second-order valence-electron chi connectivity index (χ2n) is 4.26. The monoisotopic (exact) mass is 257 g/mol. The zero-order valence-electron chi connectivity index (χ0n) is 10.4. The van der Waals surface area contributed by atoms with Crippen molar-refractivity contribution in [3.8, 4) is 0 Å². The lowest BCUT2D eigenvalue weighted by atomic mass is 10.1. The first-order chi connectivity index (χ1) is 9.11. The second kappa shape index (κ2) is 3.94. The van der Waals surface area contributed by atoms with E-state index in [2.05, 4.69) is 14.7 Å². The topological polar surface area (TPSA) is 77.0 Å². The minimum Gasteiger partial charge on any atom is -0.465 e. The fourth-order valence-corrected chi connectivity index (χ4v) is 2.18. The van der Waals surface area contributed by atoms with Crippen LogP contribution in [0.5, 0.6) is 0 Å². The van der Waals surface area contributed by atoms with Crippen LogP contribution in [0.1, 0.15) is 10.4 Å². The number of carbonyl (C=O) groups is 1. The Morgan fingerprint density at radius 1 is 1.42 bits per heavy atom. The number of aromatic nitrogens is 3. The van der Waals surface area contributed by atoms with Gasteiger partial charge in [0.1, 0.15) is 11.0 Å². The number of H-pyrrole nitrogens is 1. The molecule has 0 aliphatic rings. The molecule has 0 saturated heterocycles. The van der Waals surface area contributed by atoms with E-state index in [1.165, 1.54) is 7.11 Å². The van der Waals surface area contributed by atoms with Crippen LogP contribution in [0.25, 0.3) is 21.9 Å². The summed E-state index contributed by atoms with van der Waals surface area (Å²) in [6, 6.07) is 5.00. The molecule has 0 radical (unpaired) electrons. The van der Waals surface area contributed by atoms with Crippen LogP contribution in [-0.2, 0) is 11.8 Å². The third kappa shape index (κ3) is 1.61. The van der Waals surface area contributed by atoms with Gasteiger partial charge in [0.25, 0.3) is 5.56 Å². The Kier molecular flexibility index (Phi) is 2.38. The van der Waals surface area contributed by atoms with E-state index < -0.39 is 5.97 Å². The highest BCUT2D eigenvalue weighted by molar-refractivity contribution is 6.04. The van der Waals surface area contributed by atoms with Gasteiger partial charge in [-0.2, -0.15) is 0 Å². The molecule has 2 heterocycles. The molecule has 1 N–H and O–H groups in total. The van der Waals surface area contributed by atoms with Gasteiger partial charge in [0, 0.05) is 12.4 Å². The third-order valence-corrected chi connectivity index (χ3v) is 3.10. The number of fused-ring (bicyclic) bond motifs is 3. The van der Waals surface area contributed by atoms with Gasteiger partial charge in [0.05, 0.1) is 24.5 Å². The molecular weight excluding hydrogens is 246 g/mol. The normalized spacial score (nSPS) is 11.1. The number of benzene rings is 1. The zero-order valence-corrected chi connectivity index (χ0v) is 10.4. The van der Waals surface area contributed by atoms with Gasteiger partial charge >= 0.3 is 5.97 Å². The van der Waals surface area contributed by atoms with Gasteiger partial charge in [-0.15, -0.1) is 0 Å². The van der Waals surface area contributed by atoms with Gasteiger partial charge in [-0.25, -0.2) is 9.78 Å². The van der Waals surface area contributed by atoms with Crippen LogP contribution >= 0.6 is 0 Å². The number of imidazole rings is 1. The summed E-state index contributed by atoms with van der Waals surface area (Å²) in [5.74, 6) is -0.441. The van der Waals surface area contributed by atoms with Crippen molar-refractivity contribution in [2.75, 3.05) is 7.11 Å². The summed E-state index contributed by atoms with van der Waals surface area (Å²) in [4.78, 5) is 30.5. The van der Waals surface area contributed by atoms with Gasteiger partial charge in [-0.1, -0.05) is 0 Å². The van der Waals surface area contributed by atoms with Crippen molar-refractivity contribution in [3.05, 3.63) is 40.4 Å². The first-order valence-electron chi connectivity index (χ1n) is 5.67. The van der Waals surface area contributed by atoms with Crippen LogP contribution < -0.4 is 5.56 Å². The smallest absolute Gasteiger partial charge is 0.337 e. The highest BCUT2D eigenvalue weighted by Gasteiger charge is 2.12. The summed E-state index contributed by atoms with van der Waals surface area (Å²) < 4.78 is 6.32. The number of rotatable bonds is 1. The number of aromatic amines is 1. The predicted molar refractivity (Wildman–Crippen MR) is 70.2 cm³/mol. The Balaban J connectivity index is 2.40. The summed E-state index contributed by atoms with van der Waals surface area (Å²) >= 11 is 0. The molecule has 6 heteroatoms. The summed E-state index contributed by atoms with van der Waals surface area (Å²) in [5.41, 5.74) is 1.86. The van der Waals surface area contributed by atoms with Crippen molar-refractivity contribution in [2.45, 2.75) is 0 Å². The molecule has 3 rings (SSSR count). The molecule has 19 heavy (non-hydrogen) atoms. The fraction of sp³-hybridized carbons (Fsp3) is 0.154. The van der Waals surface area contributed by atoms with Crippen LogP contribution in [0.3, 0.4) is 0 Å². The minimum atomic E-state index is -0.441. The lowest BCUT2D eigenvalue weighted by molar-refractivity contribution is 0.0601. The van der Waals surface area contributed by atoms with Crippen LogP contribution in [-0.4, -0.2) is 27.6 Å². The van der Waals surface area contributed by atoms with Gasteiger partial charge in [0.15, 0.2) is 0 Å². The lowest BCUT2D eigenvalue weighted by Gasteiger charge is -2.03. The number of pyridine rings is 1. The van der Waals surface area contributed by atoms with Gasteiger partial charge in [-0.3, -0.25) is 4.79 Å². The molecule has 0 aliphatic heterocycles. The van der Waals surface area contributed by atoms with Crippen LogP contribution in [0, 0.1) is 0 Å². The Labute approximate surface area is 107 Å². The summed E-state index contributed by atoms with van der Waals surface area (Å²) in [6.07, 6.45) is 1.59. The molecule has 0 amide bonds. The molecule has 0 bridgehead atoms. The maximum Gasteiger partial charge on any atom is 0.337 e. The molecule has 0 fully saturated rings. The summed E-state index contributed by atoms with van der Waals surface area (Å²) in [5, 5.41) is 0.794. The number of aryl methyl sites for hydroxylation is 1. The molecule has 2 aromatic heterocycles. The standard InChI is InChI=1S/C13H11N3O3/c1-16-6-14-10-8-4-3-7(13(18)19-2)5-9(8)15-12(17)11(10)16/h3-6H,1-2H3,(H,15,17). The van der Waals surface area contributed by atoms with E-state index in [9.17, 15) is 9.59 Å². The highest BCUT2D eigenvalue weighted by atomic mass is 16.5. The average molecular weight is 257 g/mol. The van der Waals surface area contributed by atoms with E-state index in [0.29, 0.717) is 22.1 Å². The second-order valence-corrected chi connectivity index (χ2v) is 4.26. The SMILES string of the molecule is COC(=O)c1ccc2c(c1)[nH]c(=O)c1c2ncn1C. The molecule has 0 spiro atoms. The van der Waals surface area contributed by atoms with Crippen molar-refractivity contribution in [1.29, 1.82) is 0 Å². The van der Waals surface area contributed by atoms with Gasteiger partial charge < -0.3 is 14.3 Å². The van der Waals surface area contributed by atoms with Crippen LogP contribution in [0.4, 0.5) is 0 Å². The van der Waals surface area contributed by atoms with E-state index in [0.717, 1.165) is 5.39 Å². The molecule has 0 atom stereocenters. The van der Waals surface area contributed by atoms with Crippen molar-refractivity contribution >= 4 is 27.9 Å². The molecule has 0 aliphatic carbocycles. The molecule has 0 saturated carbocycles. The maximum absolute atomic E-state index is 12.0. The number of hydrogen-bond donors (Lipinski definition) is 1. The molecule has 6 nitrogen and oxygen atoms in total. The largest absolute Gasteiger partial charge is 0.465 e. The Bertz CT molecular complexity index is 861. The number of hydrogen-bond acceptors (Lipinski definition) is 4. The number of ether oxygens (including phenoxy) is 1. The third-order valence-electron chi connectivity index (χ3n) is 3.10. The summed E-state index contributed by atoms with van der Waals surface area (Å²) in [6.45, 7) is 0. The average Bonchev–Trinajstić information content (AvgIpc) is 2.80. The minimum absolute atomic E-state index is 0.232. The van der Waals surface area contributed by atoms with Crippen molar-refractivity contribution in [1.82, 2.24) is 14.5 Å². The number of methoxy groups -OCH3 is 1. The van der Waals surface area contributed by atoms with Crippen LogP contribution in [0.15, 0.2) is 29.3 Å². The van der Waals surface area contributed by atoms with Crippen LogP contribution in [0.2, 0.25) is 0 Å². The maximum atomic E-state index is 12.0. The number of esters is 1. The van der Waals surface area contributed by atoms with E-state index in [1.54, 1.807) is 36.1 Å². The number of nitrogens with one attached hydrogen (secondary N) is 1. The van der Waals surface area contributed by atoms with Gasteiger partial charge in [0.2, 0.25) is 0 Å².